The number of nitrogens with one attached hydrogen (secondary N) is 1. The highest BCUT2D eigenvalue weighted by Crippen LogP contribution is 2.33. The van der Waals surface area contributed by atoms with E-state index in [9.17, 15) is 14.4 Å². The highest BCUT2D eigenvalue weighted by Gasteiger charge is 2.36. The minimum atomic E-state index is -0.414. The number of carbonyl (C=O) groups excluding carboxylic acids is 3. The molecule has 0 bridgehead atoms. The summed E-state index contributed by atoms with van der Waals surface area (Å²) in [6.07, 6.45) is 3.65. The summed E-state index contributed by atoms with van der Waals surface area (Å²) in [5.74, 6) is -0.760. The molecule has 3 amide bonds. The fourth-order valence-electron chi connectivity index (χ4n) is 2.53. The van der Waals surface area contributed by atoms with Crippen LogP contribution in [-0.2, 0) is 14.3 Å². The molecule has 8 heteroatoms. The van der Waals surface area contributed by atoms with Crippen molar-refractivity contribution in [1.82, 2.24) is 10.2 Å². The maximum atomic E-state index is 12.3. The zero-order valence-corrected chi connectivity index (χ0v) is 14.9. The molecule has 2 fully saturated rings. The third-order valence-electron chi connectivity index (χ3n) is 3.76. The predicted molar refractivity (Wildman–Crippen MR) is 93.7 cm³/mol. The Balaban J connectivity index is 1.57. The average Bonchev–Trinajstić information content (AvgIpc) is 3.25. The van der Waals surface area contributed by atoms with Gasteiger partial charge in [-0.2, -0.15) is 0 Å². The van der Waals surface area contributed by atoms with Crippen LogP contribution in [0.15, 0.2) is 17.0 Å². The van der Waals surface area contributed by atoms with Gasteiger partial charge in [0.25, 0.3) is 11.1 Å². The summed E-state index contributed by atoms with van der Waals surface area (Å²) in [5.41, 5.74) is 0. The zero-order valence-electron chi connectivity index (χ0n) is 13.2. The standard InChI is InChI=1S/C16H18N2O4S2/c1-10-4-5-12(23-10)7-13-15(20)18(16(21)24-13)9-14(19)17-8-11-3-2-6-22-11/h4-5,7,11H,2-3,6,8-9H2,1H3,(H,17,19)/b13-7-/t11-/m1/s1. The van der Waals surface area contributed by atoms with Crippen molar-refractivity contribution in [3.05, 3.63) is 26.8 Å². The Bertz CT molecular complexity index is 692. The number of ether oxygens (including phenoxy) is 1. The molecule has 0 saturated carbocycles. The molecule has 2 aliphatic rings. The van der Waals surface area contributed by atoms with Crippen LogP contribution in [0.4, 0.5) is 4.79 Å². The lowest BCUT2D eigenvalue weighted by molar-refractivity contribution is -0.129. The molecule has 0 unspecified atom stereocenters. The van der Waals surface area contributed by atoms with Crippen LogP contribution in [0, 0.1) is 6.92 Å². The molecule has 6 nitrogen and oxygen atoms in total. The number of thioether (sulfide) groups is 1. The highest BCUT2D eigenvalue weighted by molar-refractivity contribution is 8.18. The number of thiophene rings is 1. The minimum absolute atomic E-state index is 0.0332. The Kier molecular flexibility index (Phi) is 5.37. The number of carbonyl (C=O) groups is 3. The number of imide groups is 1. The van der Waals surface area contributed by atoms with E-state index < -0.39 is 11.1 Å². The van der Waals surface area contributed by atoms with E-state index in [0.29, 0.717) is 11.4 Å². The monoisotopic (exact) mass is 366 g/mol. The number of amides is 3. The van der Waals surface area contributed by atoms with Crippen LogP contribution in [0.5, 0.6) is 0 Å². The second kappa shape index (κ2) is 7.50. The molecular formula is C16H18N2O4S2. The topological polar surface area (TPSA) is 75.7 Å². The van der Waals surface area contributed by atoms with Crippen molar-refractivity contribution >= 4 is 46.2 Å². The van der Waals surface area contributed by atoms with E-state index in [0.717, 1.165) is 45.9 Å². The Morgan fingerprint density at radius 2 is 2.29 bits per heavy atom. The van der Waals surface area contributed by atoms with Gasteiger partial charge < -0.3 is 10.1 Å². The molecule has 3 heterocycles. The molecule has 24 heavy (non-hydrogen) atoms. The second-order valence-electron chi connectivity index (χ2n) is 5.66. The van der Waals surface area contributed by atoms with Crippen molar-refractivity contribution in [3.8, 4) is 0 Å². The van der Waals surface area contributed by atoms with E-state index in [2.05, 4.69) is 5.32 Å². The largest absolute Gasteiger partial charge is 0.376 e. The van der Waals surface area contributed by atoms with Gasteiger partial charge in [-0.3, -0.25) is 19.3 Å². The van der Waals surface area contributed by atoms with Gasteiger partial charge in [0.1, 0.15) is 6.54 Å². The number of nitrogens with zero attached hydrogens (tertiary/aromatic N) is 1. The molecule has 0 aliphatic carbocycles. The first-order chi connectivity index (χ1) is 11.5. The third kappa shape index (κ3) is 4.06. The quantitative estimate of drug-likeness (QED) is 0.810. The number of hydrogen-bond acceptors (Lipinski definition) is 6. The molecule has 1 N–H and O–H groups in total. The van der Waals surface area contributed by atoms with E-state index in [1.807, 2.05) is 19.1 Å². The maximum absolute atomic E-state index is 12.3. The molecule has 2 saturated heterocycles. The lowest BCUT2D eigenvalue weighted by Gasteiger charge is -2.14. The zero-order chi connectivity index (χ0) is 17.1. The summed E-state index contributed by atoms with van der Waals surface area (Å²) in [6.45, 7) is 2.86. The summed E-state index contributed by atoms with van der Waals surface area (Å²) in [7, 11) is 0. The van der Waals surface area contributed by atoms with Gasteiger partial charge in [-0.15, -0.1) is 11.3 Å². The van der Waals surface area contributed by atoms with Crippen LogP contribution >= 0.6 is 23.1 Å². The van der Waals surface area contributed by atoms with Crippen LogP contribution in [0.2, 0.25) is 0 Å². The van der Waals surface area contributed by atoms with Gasteiger partial charge in [0.2, 0.25) is 5.91 Å². The molecule has 0 radical (unpaired) electrons. The average molecular weight is 366 g/mol. The van der Waals surface area contributed by atoms with Crippen molar-refractivity contribution < 1.29 is 19.1 Å². The minimum Gasteiger partial charge on any atom is -0.376 e. The molecule has 3 rings (SSSR count). The summed E-state index contributed by atoms with van der Waals surface area (Å²) in [5, 5.41) is 2.31. The normalized spacial score (nSPS) is 22.6. The summed E-state index contributed by atoms with van der Waals surface area (Å²) < 4.78 is 5.43. The first-order valence-corrected chi connectivity index (χ1v) is 9.36. The predicted octanol–water partition coefficient (Wildman–Crippen LogP) is 2.39. The van der Waals surface area contributed by atoms with Crippen molar-refractivity contribution in [3.63, 3.8) is 0 Å². The van der Waals surface area contributed by atoms with Crippen molar-refractivity contribution in [2.45, 2.75) is 25.9 Å². The van der Waals surface area contributed by atoms with Gasteiger partial charge >= 0.3 is 0 Å². The van der Waals surface area contributed by atoms with E-state index in [4.69, 9.17) is 4.74 Å². The lowest BCUT2D eigenvalue weighted by Crippen LogP contribution is -2.41. The van der Waals surface area contributed by atoms with Crippen molar-refractivity contribution in [2.24, 2.45) is 0 Å². The van der Waals surface area contributed by atoms with Crippen molar-refractivity contribution in [1.29, 1.82) is 0 Å². The fourth-order valence-corrected chi connectivity index (χ4v) is 4.25. The Labute approximate surface area is 148 Å². The van der Waals surface area contributed by atoms with Crippen LogP contribution in [0.3, 0.4) is 0 Å². The van der Waals surface area contributed by atoms with Crippen molar-refractivity contribution in [2.75, 3.05) is 19.7 Å². The van der Waals surface area contributed by atoms with Gasteiger partial charge in [0.15, 0.2) is 0 Å². The fraction of sp³-hybridized carbons (Fsp3) is 0.438. The summed E-state index contributed by atoms with van der Waals surface area (Å²) in [6, 6.07) is 3.86. The first kappa shape index (κ1) is 17.2. The Morgan fingerprint density at radius 3 is 2.96 bits per heavy atom. The molecule has 2 aliphatic heterocycles. The van der Waals surface area contributed by atoms with E-state index >= 15 is 0 Å². The number of rotatable bonds is 5. The van der Waals surface area contributed by atoms with Gasteiger partial charge in [-0.1, -0.05) is 0 Å². The molecule has 0 spiro atoms. The maximum Gasteiger partial charge on any atom is 0.294 e. The summed E-state index contributed by atoms with van der Waals surface area (Å²) in [4.78, 5) is 39.7. The molecule has 128 valence electrons. The molecule has 1 aromatic heterocycles. The van der Waals surface area contributed by atoms with Crippen LogP contribution < -0.4 is 5.32 Å². The first-order valence-electron chi connectivity index (χ1n) is 7.73. The van der Waals surface area contributed by atoms with Crippen LogP contribution in [0.1, 0.15) is 22.6 Å². The number of aryl methyl sites for hydroxylation is 1. The Morgan fingerprint density at radius 1 is 1.46 bits per heavy atom. The van der Waals surface area contributed by atoms with Gasteiger partial charge in [-0.05, 0) is 49.7 Å². The van der Waals surface area contributed by atoms with E-state index in [-0.39, 0.29) is 18.6 Å². The van der Waals surface area contributed by atoms with Gasteiger partial charge in [-0.25, -0.2) is 0 Å². The number of hydrogen-bond donors (Lipinski definition) is 1. The highest BCUT2D eigenvalue weighted by atomic mass is 32.2. The lowest BCUT2D eigenvalue weighted by atomic mass is 10.2. The van der Waals surface area contributed by atoms with Crippen LogP contribution in [-0.4, -0.2) is 47.8 Å². The smallest absolute Gasteiger partial charge is 0.294 e. The third-order valence-corrected chi connectivity index (χ3v) is 5.62. The SMILES string of the molecule is Cc1ccc(/C=C2\SC(=O)N(CC(=O)NC[C@H]3CCCO3)C2=O)s1. The van der Waals surface area contributed by atoms with Gasteiger partial charge in [0, 0.05) is 22.9 Å². The molecule has 0 aromatic carbocycles. The van der Waals surface area contributed by atoms with Crippen LogP contribution in [0.25, 0.3) is 6.08 Å². The molecular weight excluding hydrogens is 348 g/mol. The second-order valence-corrected chi connectivity index (χ2v) is 7.97. The molecule has 1 aromatic rings. The van der Waals surface area contributed by atoms with E-state index in [1.54, 1.807) is 17.4 Å². The van der Waals surface area contributed by atoms with Gasteiger partial charge in [0.05, 0.1) is 11.0 Å². The Hall–Kier alpha value is -1.64. The molecule has 1 atom stereocenters. The summed E-state index contributed by atoms with van der Waals surface area (Å²) >= 11 is 2.42. The van der Waals surface area contributed by atoms with E-state index in [1.165, 1.54) is 0 Å².